The van der Waals surface area contributed by atoms with Crippen molar-refractivity contribution in [3.8, 4) is 0 Å². The highest BCUT2D eigenvalue weighted by molar-refractivity contribution is 5.52. The van der Waals surface area contributed by atoms with Crippen molar-refractivity contribution >= 4 is 5.69 Å². The molecule has 2 aromatic heterocycles. The largest absolute Gasteiger partial charge is 0.375 e. The molecule has 110 valence electrons. The minimum Gasteiger partial charge on any atom is -0.375 e. The molecule has 0 aromatic carbocycles. The summed E-state index contributed by atoms with van der Waals surface area (Å²) in [5, 5.41) is 8.09. The third kappa shape index (κ3) is 2.86. The predicted octanol–water partition coefficient (Wildman–Crippen LogP) is 3.30. The van der Waals surface area contributed by atoms with E-state index in [1.807, 2.05) is 19.3 Å². The van der Waals surface area contributed by atoms with Crippen LogP contribution in [0, 0.1) is 13.8 Å². The Morgan fingerprint density at radius 1 is 1.30 bits per heavy atom. The molecule has 0 aliphatic heterocycles. The topological polar surface area (TPSA) is 47.7 Å². The van der Waals surface area contributed by atoms with Gasteiger partial charge in [0.05, 0.1) is 23.6 Å². The molecule has 5 nitrogen and oxygen atoms in total. The minimum atomic E-state index is 0.381. The van der Waals surface area contributed by atoms with Crippen LogP contribution in [0.4, 0.5) is 5.69 Å². The van der Waals surface area contributed by atoms with Crippen molar-refractivity contribution in [3.63, 3.8) is 0 Å². The van der Waals surface area contributed by atoms with E-state index in [1.165, 1.54) is 5.69 Å². The van der Waals surface area contributed by atoms with Crippen LogP contribution in [0.1, 0.15) is 50.4 Å². The second-order valence-corrected chi connectivity index (χ2v) is 5.47. The van der Waals surface area contributed by atoms with Gasteiger partial charge in [0.25, 0.3) is 0 Å². The van der Waals surface area contributed by atoms with Crippen molar-refractivity contribution in [1.82, 2.24) is 19.3 Å². The van der Waals surface area contributed by atoms with Crippen LogP contribution in [-0.2, 0) is 13.1 Å². The van der Waals surface area contributed by atoms with Crippen LogP contribution in [0.15, 0.2) is 12.4 Å². The van der Waals surface area contributed by atoms with Gasteiger partial charge >= 0.3 is 0 Å². The highest BCUT2D eigenvalue weighted by atomic mass is 15.3. The van der Waals surface area contributed by atoms with Crippen LogP contribution >= 0.6 is 0 Å². The van der Waals surface area contributed by atoms with Crippen LogP contribution in [0.2, 0.25) is 0 Å². The van der Waals surface area contributed by atoms with E-state index in [2.05, 4.69) is 52.3 Å². The summed E-state index contributed by atoms with van der Waals surface area (Å²) < 4.78 is 4.26. The average molecular weight is 275 g/mol. The van der Waals surface area contributed by atoms with Gasteiger partial charge in [-0.25, -0.2) is 4.98 Å². The molecule has 0 saturated heterocycles. The Hall–Kier alpha value is -1.78. The second-order valence-electron chi connectivity index (χ2n) is 5.47. The zero-order chi connectivity index (χ0) is 14.7. The monoisotopic (exact) mass is 275 g/mol. The third-order valence-electron chi connectivity index (χ3n) is 3.50. The number of anilines is 1. The van der Waals surface area contributed by atoms with Crippen molar-refractivity contribution in [3.05, 3.63) is 29.6 Å². The number of imidazole rings is 1. The Morgan fingerprint density at radius 3 is 2.65 bits per heavy atom. The maximum atomic E-state index is 4.60. The van der Waals surface area contributed by atoms with Crippen LogP contribution < -0.4 is 5.32 Å². The van der Waals surface area contributed by atoms with Crippen molar-refractivity contribution in [1.29, 1.82) is 0 Å². The quantitative estimate of drug-likeness (QED) is 0.880. The fourth-order valence-corrected chi connectivity index (χ4v) is 2.54. The number of nitrogens with one attached hydrogen (secondary N) is 1. The number of hydrogen-bond acceptors (Lipinski definition) is 3. The van der Waals surface area contributed by atoms with Crippen molar-refractivity contribution < 1.29 is 0 Å². The molecule has 5 heteroatoms. The Balaban J connectivity index is 2.13. The van der Waals surface area contributed by atoms with Gasteiger partial charge in [-0.15, -0.1) is 0 Å². The van der Waals surface area contributed by atoms with Gasteiger partial charge in [-0.2, -0.15) is 5.10 Å². The van der Waals surface area contributed by atoms with E-state index in [0.717, 1.165) is 36.7 Å². The smallest absolute Gasteiger partial charge is 0.128 e. The van der Waals surface area contributed by atoms with Crippen molar-refractivity contribution in [2.75, 3.05) is 5.32 Å². The first kappa shape index (κ1) is 14.6. The summed E-state index contributed by atoms with van der Waals surface area (Å²) in [4.78, 5) is 4.42. The molecule has 2 heterocycles. The van der Waals surface area contributed by atoms with E-state index < -0.39 is 0 Å². The Kier molecular flexibility index (Phi) is 4.47. The molecule has 0 radical (unpaired) electrons. The van der Waals surface area contributed by atoms with Crippen LogP contribution in [0.5, 0.6) is 0 Å². The van der Waals surface area contributed by atoms with Gasteiger partial charge in [0, 0.05) is 25.0 Å². The lowest BCUT2D eigenvalue weighted by atomic mass is 10.3. The molecule has 0 atom stereocenters. The Bertz CT molecular complexity index is 565. The summed E-state index contributed by atoms with van der Waals surface area (Å²) in [5.74, 6) is 1.07. The van der Waals surface area contributed by atoms with Crippen LogP contribution in [-0.4, -0.2) is 19.3 Å². The summed E-state index contributed by atoms with van der Waals surface area (Å²) >= 11 is 0. The summed E-state index contributed by atoms with van der Waals surface area (Å²) in [6, 6.07) is 0.381. The zero-order valence-corrected chi connectivity index (χ0v) is 13.1. The highest BCUT2D eigenvalue weighted by Gasteiger charge is 2.13. The molecule has 20 heavy (non-hydrogen) atoms. The number of aromatic nitrogens is 4. The van der Waals surface area contributed by atoms with E-state index in [0.29, 0.717) is 6.04 Å². The van der Waals surface area contributed by atoms with Crippen molar-refractivity contribution in [2.45, 2.75) is 60.2 Å². The van der Waals surface area contributed by atoms with E-state index >= 15 is 0 Å². The molecule has 0 saturated carbocycles. The first-order chi connectivity index (χ1) is 9.54. The van der Waals surface area contributed by atoms with Gasteiger partial charge in [-0.1, -0.05) is 6.92 Å². The minimum absolute atomic E-state index is 0.381. The molecule has 2 aromatic rings. The van der Waals surface area contributed by atoms with Gasteiger partial charge in [-0.05, 0) is 34.1 Å². The molecule has 0 fully saturated rings. The van der Waals surface area contributed by atoms with Crippen LogP contribution in [0.3, 0.4) is 0 Å². The number of rotatable bonds is 6. The van der Waals surface area contributed by atoms with Gasteiger partial charge in [0.15, 0.2) is 0 Å². The predicted molar refractivity (Wildman–Crippen MR) is 81.9 cm³/mol. The average Bonchev–Trinajstić information content (AvgIpc) is 2.94. The van der Waals surface area contributed by atoms with E-state index in [9.17, 15) is 0 Å². The lowest BCUT2D eigenvalue weighted by Crippen LogP contribution is -2.10. The number of aryl methyl sites for hydroxylation is 2. The van der Waals surface area contributed by atoms with E-state index in [4.69, 9.17) is 0 Å². The maximum absolute atomic E-state index is 4.60. The molecule has 0 bridgehead atoms. The lowest BCUT2D eigenvalue weighted by molar-refractivity contribution is 0.516. The fraction of sp³-hybridized carbons (Fsp3) is 0.600. The standard InChI is InChI=1S/C15H25N5/c1-6-8-19-9-7-16-14(19)10-17-15-12(4)18-20(11(2)3)13(15)5/h7,9,11,17H,6,8,10H2,1-5H3. The lowest BCUT2D eigenvalue weighted by Gasteiger charge is -2.11. The molecule has 0 spiro atoms. The molecule has 2 rings (SSSR count). The van der Waals surface area contributed by atoms with Gasteiger partial charge < -0.3 is 9.88 Å². The molecule has 0 aliphatic rings. The highest BCUT2D eigenvalue weighted by Crippen LogP contribution is 2.22. The van der Waals surface area contributed by atoms with Gasteiger partial charge in [0.1, 0.15) is 5.82 Å². The van der Waals surface area contributed by atoms with E-state index in [1.54, 1.807) is 0 Å². The maximum Gasteiger partial charge on any atom is 0.128 e. The van der Waals surface area contributed by atoms with Gasteiger partial charge in [-0.3, -0.25) is 4.68 Å². The Labute approximate surface area is 121 Å². The van der Waals surface area contributed by atoms with Crippen LogP contribution in [0.25, 0.3) is 0 Å². The fourth-order valence-electron chi connectivity index (χ4n) is 2.54. The number of nitrogens with zero attached hydrogens (tertiary/aromatic N) is 4. The molecular formula is C15H25N5. The third-order valence-corrected chi connectivity index (χ3v) is 3.50. The summed E-state index contributed by atoms with van der Waals surface area (Å²) in [6.45, 7) is 12.4. The molecule has 0 aliphatic carbocycles. The first-order valence-corrected chi connectivity index (χ1v) is 7.34. The SMILES string of the molecule is CCCn1ccnc1CNc1c(C)nn(C(C)C)c1C. The normalized spacial score (nSPS) is 11.3. The summed E-state index contributed by atoms with van der Waals surface area (Å²) in [7, 11) is 0. The molecular weight excluding hydrogens is 250 g/mol. The summed E-state index contributed by atoms with van der Waals surface area (Å²) in [5.41, 5.74) is 3.36. The number of hydrogen-bond donors (Lipinski definition) is 1. The summed E-state index contributed by atoms with van der Waals surface area (Å²) in [6.07, 6.45) is 5.02. The van der Waals surface area contributed by atoms with Gasteiger partial charge in [0.2, 0.25) is 0 Å². The molecule has 1 N–H and O–H groups in total. The zero-order valence-electron chi connectivity index (χ0n) is 13.1. The first-order valence-electron chi connectivity index (χ1n) is 7.34. The second kappa shape index (κ2) is 6.11. The molecule has 0 amide bonds. The van der Waals surface area contributed by atoms with E-state index in [-0.39, 0.29) is 0 Å². The van der Waals surface area contributed by atoms with Crippen molar-refractivity contribution in [2.24, 2.45) is 0 Å². The molecule has 0 unspecified atom stereocenters. The Morgan fingerprint density at radius 2 is 2.05 bits per heavy atom.